The summed E-state index contributed by atoms with van der Waals surface area (Å²) in [6, 6.07) is 4.62. The molecule has 1 heterocycles. The Kier molecular flexibility index (Phi) is 2.66. The van der Waals surface area contributed by atoms with Crippen LogP contribution in [0.1, 0.15) is 10.4 Å². The number of methoxy groups -OCH3 is 1. The average Bonchev–Trinajstić information content (AvgIpc) is 2.29. The van der Waals surface area contributed by atoms with Gasteiger partial charge in [0.2, 0.25) is 5.43 Å². The Hall–Kier alpha value is -1.81. The fourth-order valence-electron chi connectivity index (χ4n) is 1.35. The topological polar surface area (TPSA) is 56.5 Å². The van der Waals surface area contributed by atoms with Gasteiger partial charge >= 0.3 is 5.97 Å². The first-order valence-corrected chi connectivity index (χ1v) is 4.80. The van der Waals surface area contributed by atoms with Gasteiger partial charge in [-0.1, -0.05) is 11.6 Å². The van der Waals surface area contributed by atoms with Crippen molar-refractivity contribution in [3.05, 3.63) is 45.3 Å². The monoisotopic (exact) mass is 238 g/mol. The number of esters is 1. The van der Waals surface area contributed by atoms with E-state index in [1.54, 1.807) is 12.1 Å². The molecule has 0 fully saturated rings. The molecule has 16 heavy (non-hydrogen) atoms. The summed E-state index contributed by atoms with van der Waals surface area (Å²) < 4.78 is 9.61. The van der Waals surface area contributed by atoms with E-state index in [1.165, 1.54) is 13.2 Å². The van der Waals surface area contributed by atoms with Gasteiger partial charge in [0.15, 0.2) is 0 Å². The van der Waals surface area contributed by atoms with E-state index in [0.717, 1.165) is 6.26 Å². The van der Waals surface area contributed by atoms with Gasteiger partial charge in [0.05, 0.1) is 12.5 Å². The van der Waals surface area contributed by atoms with Crippen molar-refractivity contribution in [3.8, 4) is 0 Å². The zero-order valence-electron chi connectivity index (χ0n) is 8.32. The molecule has 2 rings (SSSR count). The number of rotatable bonds is 1. The second-order valence-corrected chi connectivity index (χ2v) is 3.55. The van der Waals surface area contributed by atoms with Gasteiger partial charge < -0.3 is 9.15 Å². The van der Waals surface area contributed by atoms with Crippen LogP contribution in [0.25, 0.3) is 11.0 Å². The summed E-state index contributed by atoms with van der Waals surface area (Å²) in [4.78, 5) is 23.1. The number of halogens is 1. The third kappa shape index (κ3) is 1.67. The van der Waals surface area contributed by atoms with Crippen LogP contribution in [-0.2, 0) is 4.74 Å². The summed E-state index contributed by atoms with van der Waals surface area (Å²) in [6.45, 7) is 0. The van der Waals surface area contributed by atoms with Crippen molar-refractivity contribution in [3.63, 3.8) is 0 Å². The third-order valence-corrected chi connectivity index (χ3v) is 2.38. The summed E-state index contributed by atoms with van der Waals surface area (Å²) in [5.41, 5.74) is -0.213. The van der Waals surface area contributed by atoms with E-state index in [1.807, 2.05) is 0 Å². The Morgan fingerprint density at radius 3 is 2.88 bits per heavy atom. The van der Waals surface area contributed by atoms with Crippen LogP contribution in [0.4, 0.5) is 0 Å². The molecule has 0 atom stereocenters. The zero-order chi connectivity index (χ0) is 11.7. The van der Waals surface area contributed by atoms with E-state index in [2.05, 4.69) is 4.74 Å². The molecule has 0 radical (unpaired) electrons. The molecule has 1 aromatic heterocycles. The van der Waals surface area contributed by atoms with Crippen molar-refractivity contribution >= 4 is 28.5 Å². The molecule has 82 valence electrons. The van der Waals surface area contributed by atoms with Crippen molar-refractivity contribution in [2.24, 2.45) is 0 Å². The van der Waals surface area contributed by atoms with Crippen molar-refractivity contribution in [1.29, 1.82) is 0 Å². The number of hydrogen-bond acceptors (Lipinski definition) is 4. The molecule has 2 aromatic rings. The summed E-state index contributed by atoms with van der Waals surface area (Å²) in [6.07, 6.45) is 1.09. The van der Waals surface area contributed by atoms with Crippen LogP contribution in [0.15, 0.2) is 33.7 Å². The van der Waals surface area contributed by atoms with Crippen molar-refractivity contribution < 1.29 is 13.9 Å². The van der Waals surface area contributed by atoms with Crippen LogP contribution in [0, 0.1) is 0 Å². The van der Waals surface area contributed by atoms with Crippen molar-refractivity contribution in [2.75, 3.05) is 7.11 Å². The molecule has 0 aliphatic rings. The van der Waals surface area contributed by atoms with E-state index in [9.17, 15) is 9.59 Å². The SMILES string of the molecule is COC(=O)c1coc2ccc(Cl)cc2c1=O. The lowest BCUT2D eigenvalue weighted by Crippen LogP contribution is -2.15. The molecule has 0 spiro atoms. The highest BCUT2D eigenvalue weighted by Gasteiger charge is 2.14. The van der Waals surface area contributed by atoms with Gasteiger partial charge in [-0.15, -0.1) is 0 Å². The predicted molar refractivity (Wildman–Crippen MR) is 58.8 cm³/mol. The molecule has 0 aliphatic heterocycles. The summed E-state index contributed by atoms with van der Waals surface area (Å²) in [5, 5.41) is 0.664. The molecule has 0 unspecified atom stereocenters. The standard InChI is InChI=1S/C11H7ClO4/c1-15-11(14)8-5-16-9-3-2-6(12)4-7(9)10(8)13/h2-5H,1H3. The van der Waals surface area contributed by atoms with Crippen molar-refractivity contribution in [2.45, 2.75) is 0 Å². The molecule has 0 amide bonds. The number of hydrogen-bond donors (Lipinski definition) is 0. The molecule has 1 aromatic carbocycles. The van der Waals surface area contributed by atoms with Crippen LogP contribution < -0.4 is 5.43 Å². The molecular formula is C11H7ClO4. The highest BCUT2D eigenvalue weighted by atomic mass is 35.5. The normalized spacial score (nSPS) is 10.4. The number of ether oxygens (including phenoxy) is 1. The second-order valence-electron chi connectivity index (χ2n) is 3.11. The minimum Gasteiger partial charge on any atom is -0.465 e. The number of fused-ring (bicyclic) bond motifs is 1. The molecule has 0 saturated heterocycles. The first-order valence-electron chi connectivity index (χ1n) is 4.43. The van der Waals surface area contributed by atoms with Crippen LogP contribution >= 0.6 is 11.6 Å². The van der Waals surface area contributed by atoms with Crippen LogP contribution in [0.5, 0.6) is 0 Å². The minimum absolute atomic E-state index is 0.141. The van der Waals surface area contributed by atoms with E-state index < -0.39 is 11.4 Å². The Morgan fingerprint density at radius 1 is 1.44 bits per heavy atom. The van der Waals surface area contributed by atoms with Gasteiger partial charge in [-0.05, 0) is 18.2 Å². The van der Waals surface area contributed by atoms with Crippen LogP contribution in [0.2, 0.25) is 5.02 Å². The van der Waals surface area contributed by atoms with E-state index >= 15 is 0 Å². The molecule has 0 N–H and O–H groups in total. The van der Waals surface area contributed by atoms with E-state index in [4.69, 9.17) is 16.0 Å². The van der Waals surface area contributed by atoms with Gasteiger partial charge in [-0.2, -0.15) is 0 Å². The Balaban J connectivity index is 2.78. The quantitative estimate of drug-likeness (QED) is 0.715. The van der Waals surface area contributed by atoms with Gasteiger partial charge in [0.1, 0.15) is 17.4 Å². The Morgan fingerprint density at radius 2 is 2.19 bits per heavy atom. The molecule has 0 bridgehead atoms. The molecule has 5 heteroatoms. The fraction of sp³-hybridized carbons (Fsp3) is 0.0909. The second kappa shape index (κ2) is 3.98. The van der Waals surface area contributed by atoms with Crippen LogP contribution in [0.3, 0.4) is 0 Å². The van der Waals surface area contributed by atoms with Crippen molar-refractivity contribution in [1.82, 2.24) is 0 Å². The number of benzene rings is 1. The smallest absolute Gasteiger partial charge is 0.345 e. The maximum Gasteiger partial charge on any atom is 0.345 e. The lowest BCUT2D eigenvalue weighted by Gasteiger charge is -2.00. The lowest BCUT2D eigenvalue weighted by atomic mass is 10.2. The Bertz CT molecular complexity index is 615. The predicted octanol–water partition coefficient (Wildman–Crippen LogP) is 2.23. The van der Waals surface area contributed by atoms with Gasteiger partial charge in [0, 0.05) is 5.02 Å². The first-order chi connectivity index (χ1) is 7.63. The Labute approximate surface area is 95.4 Å². The average molecular weight is 239 g/mol. The van der Waals surface area contributed by atoms with E-state index in [-0.39, 0.29) is 10.9 Å². The maximum absolute atomic E-state index is 11.9. The van der Waals surface area contributed by atoms with Gasteiger partial charge in [-0.3, -0.25) is 4.79 Å². The number of carbonyl (C=O) groups excluding carboxylic acids is 1. The lowest BCUT2D eigenvalue weighted by molar-refractivity contribution is 0.0597. The summed E-state index contributed by atoms with van der Waals surface area (Å²) in [7, 11) is 1.20. The highest BCUT2D eigenvalue weighted by molar-refractivity contribution is 6.31. The molecule has 4 nitrogen and oxygen atoms in total. The first kappa shape index (κ1) is 10.7. The molecule has 0 saturated carbocycles. The molecule has 0 aliphatic carbocycles. The largest absolute Gasteiger partial charge is 0.465 e. The minimum atomic E-state index is -0.726. The number of carbonyl (C=O) groups is 1. The molecular weight excluding hydrogens is 232 g/mol. The summed E-state index contributed by atoms with van der Waals surface area (Å²) >= 11 is 5.76. The van der Waals surface area contributed by atoms with E-state index in [0.29, 0.717) is 10.6 Å². The fourth-order valence-corrected chi connectivity index (χ4v) is 1.53. The summed E-state index contributed by atoms with van der Waals surface area (Å²) in [5.74, 6) is -0.726. The highest BCUT2D eigenvalue weighted by Crippen LogP contribution is 2.17. The van der Waals surface area contributed by atoms with Gasteiger partial charge in [0.25, 0.3) is 0 Å². The van der Waals surface area contributed by atoms with Gasteiger partial charge in [-0.25, -0.2) is 4.79 Å². The zero-order valence-corrected chi connectivity index (χ0v) is 9.08. The van der Waals surface area contributed by atoms with Crippen LogP contribution in [-0.4, -0.2) is 13.1 Å². The maximum atomic E-state index is 11.9. The third-order valence-electron chi connectivity index (χ3n) is 2.14.